The normalized spacial score (nSPS) is 14.1. The predicted molar refractivity (Wildman–Crippen MR) is 104 cm³/mol. The zero-order valence-corrected chi connectivity index (χ0v) is 15.5. The molecule has 0 aromatic heterocycles. The summed E-state index contributed by atoms with van der Waals surface area (Å²) in [5.74, 6) is -0.529. The lowest BCUT2D eigenvalue weighted by Gasteiger charge is -2.34. The number of para-hydroxylation sites is 1. The fourth-order valence-electron chi connectivity index (χ4n) is 3.11. The third kappa shape index (κ3) is 4.25. The molecule has 8 nitrogen and oxygen atoms in total. The van der Waals surface area contributed by atoms with E-state index in [-0.39, 0.29) is 30.3 Å². The Morgan fingerprint density at radius 2 is 1.96 bits per heavy atom. The Bertz CT molecular complexity index is 903. The van der Waals surface area contributed by atoms with Crippen molar-refractivity contribution in [1.82, 2.24) is 4.90 Å². The average molecular weight is 409 g/mol. The molecule has 0 unspecified atom stereocenters. The number of amides is 1. The number of nitrogens with zero attached hydrogens (tertiary/aromatic N) is 3. The van der Waals surface area contributed by atoms with Gasteiger partial charge in [-0.2, -0.15) is 0 Å². The van der Waals surface area contributed by atoms with E-state index < -0.39 is 16.8 Å². The third-order valence-electron chi connectivity index (χ3n) is 4.56. The van der Waals surface area contributed by atoms with E-state index in [0.29, 0.717) is 30.0 Å². The monoisotopic (exact) mass is 408 g/mol. The molecule has 0 aliphatic carbocycles. The molecule has 2 aromatic rings. The maximum absolute atomic E-state index is 13.3. The summed E-state index contributed by atoms with van der Waals surface area (Å²) >= 11 is 5.77. The summed E-state index contributed by atoms with van der Waals surface area (Å²) in [6, 6.07) is 9.20. The summed E-state index contributed by atoms with van der Waals surface area (Å²) in [6.07, 6.45) is -0.998. The second kappa shape index (κ2) is 8.30. The summed E-state index contributed by atoms with van der Waals surface area (Å²) in [6.45, 7) is 1.52. The van der Waals surface area contributed by atoms with Gasteiger partial charge >= 0.3 is 11.8 Å². The van der Waals surface area contributed by atoms with E-state index in [1.54, 1.807) is 29.2 Å². The zero-order valence-electron chi connectivity index (χ0n) is 14.8. The first-order chi connectivity index (χ1) is 13.4. The highest BCUT2D eigenvalue weighted by molar-refractivity contribution is 6.30. The summed E-state index contributed by atoms with van der Waals surface area (Å²) in [7, 11) is 0. The Kier molecular flexibility index (Phi) is 5.84. The van der Waals surface area contributed by atoms with Crippen molar-refractivity contribution in [2.45, 2.75) is 6.54 Å². The fraction of sp³-hybridized carbons (Fsp3) is 0.278. The van der Waals surface area contributed by atoms with E-state index in [1.807, 2.05) is 0 Å². The van der Waals surface area contributed by atoms with Crippen molar-refractivity contribution in [3.05, 3.63) is 62.9 Å². The van der Waals surface area contributed by atoms with E-state index in [4.69, 9.17) is 16.7 Å². The first kappa shape index (κ1) is 19.7. The molecule has 28 heavy (non-hydrogen) atoms. The lowest BCUT2D eigenvalue weighted by atomic mass is 10.1. The van der Waals surface area contributed by atoms with Gasteiger partial charge in [-0.1, -0.05) is 23.7 Å². The van der Waals surface area contributed by atoms with Gasteiger partial charge in [-0.05, 0) is 29.8 Å². The Hall–Kier alpha value is -3.07. The van der Waals surface area contributed by atoms with Gasteiger partial charge in [0, 0.05) is 32.7 Å². The number of anilines is 2. The lowest BCUT2D eigenvalue weighted by molar-refractivity contribution is -0.383. The van der Waals surface area contributed by atoms with Crippen LogP contribution in [-0.2, 0) is 6.54 Å². The Morgan fingerprint density at radius 3 is 2.57 bits per heavy atom. The van der Waals surface area contributed by atoms with Crippen LogP contribution in [0.25, 0.3) is 0 Å². The predicted octanol–water partition coefficient (Wildman–Crippen LogP) is 3.80. The van der Waals surface area contributed by atoms with Crippen LogP contribution in [0.2, 0.25) is 5.02 Å². The van der Waals surface area contributed by atoms with E-state index in [2.05, 4.69) is 5.32 Å². The minimum atomic E-state index is -0.998. The highest BCUT2D eigenvalue weighted by atomic mass is 35.5. The van der Waals surface area contributed by atoms with Crippen LogP contribution in [0, 0.1) is 15.9 Å². The number of carbonyl (C=O) groups is 1. The number of benzene rings is 2. The number of halogens is 2. The van der Waals surface area contributed by atoms with Gasteiger partial charge in [-0.25, -0.2) is 9.18 Å². The zero-order chi connectivity index (χ0) is 20.3. The largest absolute Gasteiger partial charge is 0.465 e. The van der Waals surface area contributed by atoms with Gasteiger partial charge in [-0.15, -0.1) is 0 Å². The molecule has 1 aliphatic rings. The Morgan fingerprint density at radius 1 is 1.25 bits per heavy atom. The number of nitro groups is 1. The van der Waals surface area contributed by atoms with E-state index in [1.165, 1.54) is 17.0 Å². The lowest BCUT2D eigenvalue weighted by Crippen LogP contribution is -2.48. The summed E-state index contributed by atoms with van der Waals surface area (Å²) in [4.78, 5) is 25.4. The molecule has 148 valence electrons. The van der Waals surface area contributed by atoms with Crippen molar-refractivity contribution < 1.29 is 19.2 Å². The number of carboxylic acid groups (broad SMARTS) is 1. The summed E-state index contributed by atoms with van der Waals surface area (Å²) in [5.41, 5.74) is 1.35. The number of nitrogens with one attached hydrogen (secondary N) is 1. The summed E-state index contributed by atoms with van der Waals surface area (Å²) < 4.78 is 13.3. The van der Waals surface area contributed by atoms with E-state index in [9.17, 15) is 19.3 Å². The molecule has 1 saturated heterocycles. The molecule has 1 fully saturated rings. The molecule has 0 atom stereocenters. The van der Waals surface area contributed by atoms with Crippen molar-refractivity contribution in [3.8, 4) is 0 Å². The molecule has 2 aromatic carbocycles. The van der Waals surface area contributed by atoms with E-state index >= 15 is 0 Å². The quantitative estimate of drug-likeness (QED) is 0.576. The van der Waals surface area contributed by atoms with Crippen LogP contribution in [0.5, 0.6) is 0 Å². The number of piperazine rings is 1. The number of nitro benzene ring substituents is 1. The fourth-order valence-corrected chi connectivity index (χ4v) is 3.31. The minimum Gasteiger partial charge on any atom is -0.465 e. The van der Waals surface area contributed by atoms with Gasteiger partial charge in [-0.3, -0.25) is 10.1 Å². The topological polar surface area (TPSA) is 99.0 Å². The van der Waals surface area contributed by atoms with Crippen LogP contribution < -0.4 is 10.2 Å². The van der Waals surface area contributed by atoms with Crippen LogP contribution in [0.3, 0.4) is 0 Å². The van der Waals surface area contributed by atoms with Crippen LogP contribution in [0.4, 0.5) is 26.2 Å². The Balaban J connectivity index is 1.80. The summed E-state index contributed by atoms with van der Waals surface area (Å²) in [5, 5.41) is 23.8. The molecule has 0 saturated carbocycles. The van der Waals surface area contributed by atoms with Gasteiger partial charge in [0.05, 0.1) is 9.95 Å². The third-order valence-corrected chi connectivity index (χ3v) is 4.84. The van der Waals surface area contributed by atoms with Gasteiger partial charge in [0.15, 0.2) is 0 Å². The minimum absolute atomic E-state index is 0.0150. The second-order valence-corrected chi connectivity index (χ2v) is 6.70. The molecule has 10 heteroatoms. The smallest absolute Gasteiger partial charge is 0.407 e. The van der Waals surface area contributed by atoms with Crippen LogP contribution in [-0.4, -0.2) is 47.2 Å². The number of hydrogen-bond acceptors (Lipinski definition) is 5. The van der Waals surface area contributed by atoms with Crippen molar-refractivity contribution in [3.63, 3.8) is 0 Å². The van der Waals surface area contributed by atoms with E-state index in [0.717, 1.165) is 0 Å². The van der Waals surface area contributed by atoms with Crippen molar-refractivity contribution in [2.24, 2.45) is 0 Å². The molecular weight excluding hydrogens is 391 g/mol. The van der Waals surface area contributed by atoms with Gasteiger partial charge in [0.1, 0.15) is 17.2 Å². The van der Waals surface area contributed by atoms with Crippen LogP contribution >= 0.6 is 11.6 Å². The van der Waals surface area contributed by atoms with Crippen molar-refractivity contribution in [1.29, 1.82) is 0 Å². The second-order valence-electron chi connectivity index (χ2n) is 6.29. The molecule has 0 spiro atoms. The maximum atomic E-state index is 13.3. The number of rotatable bonds is 5. The molecule has 1 aliphatic heterocycles. The maximum Gasteiger partial charge on any atom is 0.407 e. The van der Waals surface area contributed by atoms with Gasteiger partial charge < -0.3 is 20.2 Å². The standard InChI is InChI=1S/C18H18ClFN4O4/c19-13-10-12(4-5-14(13)20)11-21-15-2-1-3-16(17(15)24(27)28)22-6-8-23(9-7-22)18(25)26/h1-5,10,21H,6-9,11H2,(H,25,26). The van der Waals surface area contributed by atoms with Gasteiger partial charge in [0.2, 0.25) is 0 Å². The first-order valence-corrected chi connectivity index (χ1v) is 8.92. The number of hydrogen-bond donors (Lipinski definition) is 2. The molecule has 0 bridgehead atoms. The molecule has 0 radical (unpaired) electrons. The van der Waals surface area contributed by atoms with Gasteiger partial charge in [0.25, 0.3) is 0 Å². The molecule has 1 heterocycles. The molecule has 3 rings (SSSR count). The molecular formula is C18H18ClFN4O4. The van der Waals surface area contributed by atoms with Crippen LogP contribution in [0.15, 0.2) is 36.4 Å². The van der Waals surface area contributed by atoms with Crippen LogP contribution in [0.1, 0.15) is 5.56 Å². The average Bonchev–Trinajstić information content (AvgIpc) is 2.68. The highest BCUT2D eigenvalue weighted by Gasteiger charge is 2.27. The highest BCUT2D eigenvalue weighted by Crippen LogP contribution is 2.36. The molecule has 2 N–H and O–H groups in total. The Labute approximate surface area is 165 Å². The first-order valence-electron chi connectivity index (χ1n) is 8.55. The molecule has 1 amide bonds. The SMILES string of the molecule is O=C(O)N1CCN(c2cccc(NCc3ccc(F)c(Cl)c3)c2[N+](=O)[O-])CC1. The van der Waals surface area contributed by atoms with Crippen molar-refractivity contribution >= 4 is 34.8 Å². The van der Waals surface area contributed by atoms with Crippen molar-refractivity contribution in [2.75, 3.05) is 36.4 Å².